The van der Waals surface area contributed by atoms with Crippen LogP contribution in [0.1, 0.15) is 45.1 Å². The van der Waals surface area contributed by atoms with Gasteiger partial charge in [-0.05, 0) is 47.4 Å². The van der Waals surface area contributed by atoms with E-state index in [-0.39, 0.29) is 0 Å². The maximum atomic E-state index is 5.92. The van der Waals surface area contributed by atoms with Gasteiger partial charge in [-0.3, -0.25) is 0 Å². The number of nitrogens with zero attached hydrogens (tertiary/aromatic N) is 4. The van der Waals surface area contributed by atoms with Crippen molar-refractivity contribution in [2.24, 2.45) is 5.92 Å². The number of nitrogens with two attached hydrogens (primary N) is 1. The molecule has 0 radical (unpaired) electrons. The topological polar surface area (TPSA) is 69.6 Å². The average molecular weight is 350 g/mol. The minimum absolute atomic E-state index is 0.391. The van der Waals surface area contributed by atoms with E-state index in [1.54, 1.807) is 0 Å². The highest BCUT2D eigenvalue weighted by atomic mass is 79.9. The van der Waals surface area contributed by atoms with Crippen LogP contribution in [0.15, 0.2) is 22.7 Å². The zero-order valence-electron chi connectivity index (χ0n) is 12.2. The Hall–Kier alpha value is -1.43. The Kier molecular flexibility index (Phi) is 4.24. The Morgan fingerprint density at radius 1 is 1.33 bits per heavy atom. The SMILES string of the molecule is CCC1CCCCC1n1nnnc1-c1cc(N)ccc1Br. The van der Waals surface area contributed by atoms with E-state index in [1.807, 2.05) is 22.9 Å². The molecule has 1 saturated carbocycles. The zero-order valence-corrected chi connectivity index (χ0v) is 13.8. The van der Waals surface area contributed by atoms with Crippen LogP contribution < -0.4 is 5.73 Å². The van der Waals surface area contributed by atoms with Gasteiger partial charge in [0.05, 0.1) is 6.04 Å². The highest BCUT2D eigenvalue weighted by Gasteiger charge is 2.29. The molecule has 1 fully saturated rings. The Morgan fingerprint density at radius 2 is 2.14 bits per heavy atom. The van der Waals surface area contributed by atoms with Gasteiger partial charge in [0.2, 0.25) is 0 Å². The lowest BCUT2D eigenvalue weighted by Gasteiger charge is -2.31. The number of hydrogen-bond donors (Lipinski definition) is 1. The van der Waals surface area contributed by atoms with E-state index < -0.39 is 0 Å². The molecule has 2 aromatic rings. The fourth-order valence-electron chi connectivity index (χ4n) is 3.29. The van der Waals surface area contributed by atoms with E-state index in [2.05, 4.69) is 38.4 Å². The van der Waals surface area contributed by atoms with Gasteiger partial charge in [-0.25, -0.2) is 4.68 Å². The van der Waals surface area contributed by atoms with Crippen LogP contribution in [-0.4, -0.2) is 20.2 Å². The molecule has 0 aliphatic heterocycles. The third-order valence-corrected chi connectivity index (χ3v) is 5.12. The quantitative estimate of drug-likeness (QED) is 0.855. The summed E-state index contributed by atoms with van der Waals surface area (Å²) in [5.41, 5.74) is 7.60. The second-order valence-corrected chi connectivity index (χ2v) is 6.56. The molecule has 1 aliphatic rings. The molecule has 3 rings (SSSR count). The molecule has 0 spiro atoms. The van der Waals surface area contributed by atoms with Gasteiger partial charge in [-0.15, -0.1) is 5.10 Å². The van der Waals surface area contributed by atoms with E-state index in [9.17, 15) is 0 Å². The van der Waals surface area contributed by atoms with Gasteiger partial charge in [-0.1, -0.05) is 42.1 Å². The van der Waals surface area contributed by atoms with Crippen LogP contribution in [-0.2, 0) is 0 Å². The summed E-state index contributed by atoms with van der Waals surface area (Å²) in [4.78, 5) is 0. The van der Waals surface area contributed by atoms with Gasteiger partial charge in [0.15, 0.2) is 5.82 Å². The van der Waals surface area contributed by atoms with Gasteiger partial charge in [0.25, 0.3) is 0 Å². The second-order valence-electron chi connectivity index (χ2n) is 5.71. The molecule has 0 bridgehead atoms. The van der Waals surface area contributed by atoms with Gasteiger partial charge >= 0.3 is 0 Å². The molecule has 2 unspecified atom stereocenters. The summed E-state index contributed by atoms with van der Waals surface area (Å²) in [7, 11) is 0. The first-order valence-electron chi connectivity index (χ1n) is 7.54. The minimum Gasteiger partial charge on any atom is -0.399 e. The van der Waals surface area contributed by atoms with Crippen LogP contribution in [0.5, 0.6) is 0 Å². The summed E-state index contributed by atoms with van der Waals surface area (Å²) < 4.78 is 2.98. The highest BCUT2D eigenvalue weighted by Crippen LogP contribution is 2.38. The second kappa shape index (κ2) is 6.13. The average Bonchev–Trinajstić information content (AvgIpc) is 2.98. The third kappa shape index (κ3) is 2.81. The summed E-state index contributed by atoms with van der Waals surface area (Å²) >= 11 is 3.58. The number of rotatable bonds is 3. The maximum Gasteiger partial charge on any atom is 0.183 e. The van der Waals surface area contributed by atoms with E-state index in [0.29, 0.717) is 12.0 Å². The van der Waals surface area contributed by atoms with Crippen LogP contribution in [0, 0.1) is 5.92 Å². The minimum atomic E-state index is 0.391. The molecular formula is C15H20BrN5. The third-order valence-electron chi connectivity index (χ3n) is 4.43. The summed E-state index contributed by atoms with van der Waals surface area (Å²) in [5, 5.41) is 12.4. The number of aromatic nitrogens is 4. The van der Waals surface area contributed by atoms with Crippen molar-refractivity contribution in [1.29, 1.82) is 0 Å². The molecule has 6 heteroatoms. The molecule has 1 aromatic carbocycles. The summed E-state index contributed by atoms with van der Waals surface area (Å²) in [5.74, 6) is 1.46. The Bertz CT molecular complexity index is 624. The molecule has 112 valence electrons. The highest BCUT2D eigenvalue weighted by molar-refractivity contribution is 9.10. The number of nitrogen functional groups attached to an aromatic ring is 1. The van der Waals surface area contributed by atoms with Gasteiger partial charge in [0, 0.05) is 15.7 Å². The van der Waals surface area contributed by atoms with Crippen LogP contribution in [0.25, 0.3) is 11.4 Å². The van der Waals surface area contributed by atoms with Gasteiger partial charge in [0.1, 0.15) is 0 Å². The molecule has 1 aliphatic carbocycles. The van der Waals surface area contributed by atoms with Crippen LogP contribution in [0.4, 0.5) is 5.69 Å². The van der Waals surface area contributed by atoms with Crippen molar-refractivity contribution >= 4 is 21.6 Å². The maximum absolute atomic E-state index is 5.92. The molecule has 5 nitrogen and oxygen atoms in total. The van der Waals surface area contributed by atoms with Crippen molar-refractivity contribution in [2.45, 2.75) is 45.1 Å². The Morgan fingerprint density at radius 3 is 2.95 bits per heavy atom. The van der Waals surface area contributed by atoms with Crippen molar-refractivity contribution in [2.75, 3.05) is 5.73 Å². The van der Waals surface area contributed by atoms with Crippen LogP contribution in [0.2, 0.25) is 0 Å². The van der Waals surface area contributed by atoms with Gasteiger partial charge < -0.3 is 5.73 Å². The van der Waals surface area contributed by atoms with Crippen LogP contribution in [0.3, 0.4) is 0 Å². The number of benzene rings is 1. The number of tetrazole rings is 1. The molecule has 0 saturated heterocycles. The molecule has 21 heavy (non-hydrogen) atoms. The number of halogens is 1. The Balaban J connectivity index is 2.02. The fourth-order valence-corrected chi connectivity index (χ4v) is 3.72. The molecule has 2 atom stereocenters. The standard InChI is InChI=1S/C15H20BrN5/c1-2-10-5-3-4-6-14(10)21-15(18-19-20-21)12-9-11(17)7-8-13(12)16/h7-10,14H,2-6,17H2,1H3. The first-order chi connectivity index (χ1) is 10.2. The van der Waals surface area contributed by atoms with E-state index in [1.165, 1.54) is 25.7 Å². The van der Waals surface area contributed by atoms with E-state index >= 15 is 0 Å². The predicted octanol–water partition coefficient (Wildman–Crippen LogP) is 3.83. The molecule has 1 aromatic heterocycles. The Labute approximate surface area is 133 Å². The molecule has 0 amide bonds. The fraction of sp³-hybridized carbons (Fsp3) is 0.533. The lowest BCUT2D eigenvalue weighted by Crippen LogP contribution is -2.24. The molecule has 1 heterocycles. The number of hydrogen-bond acceptors (Lipinski definition) is 4. The van der Waals surface area contributed by atoms with Crippen LogP contribution >= 0.6 is 15.9 Å². The van der Waals surface area contributed by atoms with Crippen molar-refractivity contribution in [3.63, 3.8) is 0 Å². The summed E-state index contributed by atoms with van der Waals surface area (Å²) in [6.07, 6.45) is 6.14. The van der Waals surface area contributed by atoms with Crippen molar-refractivity contribution in [1.82, 2.24) is 20.2 Å². The largest absolute Gasteiger partial charge is 0.399 e. The molecular weight excluding hydrogens is 330 g/mol. The first-order valence-corrected chi connectivity index (χ1v) is 8.33. The van der Waals surface area contributed by atoms with Crippen molar-refractivity contribution in [3.8, 4) is 11.4 Å². The number of anilines is 1. The summed E-state index contributed by atoms with van der Waals surface area (Å²) in [6, 6.07) is 6.14. The predicted molar refractivity (Wildman–Crippen MR) is 86.7 cm³/mol. The summed E-state index contributed by atoms with van der Waals surface area (Å²) in [6.45, 7) is 2.25. The van der Waals surface area contributed by atoms with Crippen molar-refractivity contribution in [3.05, 3.63) is 22.7 Å². The normalized spacial score (nSPS) is 22.4. The van der Waals surface area contributed by atoms with Crippen molar-refractivity contribution < 1.29 is 0 Å². The lowest BCUT2D eigenvalue weighted by atomic mass is 9.83. The smallest absolute Gasteiger partial charge is 0.183 e. The zero-order chi connectivity index (χ0) is 14.8. The van der Waals surface area contributed by atoms with Gasteiger partial charge in [-0.2, -0.15) is 0 Å². The first kappa shape index (κ1) is 14.5. The lowest BCUT2D eigenvalue weighted by molar-refractivity contribution is 0.216. The monoisotopic (exact) mass is 349 g/mol. The molecule has 2 N–H and O–H groups in total. The van der Waals surface area contributed by atoms with E-state index in [4.69, 9.17) is 5.73 Å². The van der Waals surface area contributed by atoms with E-state index in [0.717, 1.165) is 28.0 Å².